The van der Waals surface area contributed by atoms with Crippen molar-refractivity contribution in [2.75, 3.05) is 0 Å². The number of hydrogen-bond donors (Lipinski definition) is 1. The quantitative estimate of drug-likeness (QED) is 0.775. The lowest BCUT2D eigenvalue weighted by Crippen LogP contribution is -2.25. The highest BCUT2D eigenvalue weighted by Gasteiger charge is 2.01. The number of aryl methyl sites for hydroxylation is 1. The second kappa shape index (κ2) is 5.76. The molecule has 1 N–H and O–H groups in total. The highest BCUT2D eigenvalue weighted by atomic mass is 14.9. The molecule has 0 radical (unpaired) electrons. The highest BCUT2D eigenvalue weighted by molar-refractivity contribution is 5.21. The van der Waals surface area contributed by atoms with E-state index in [4.69, 9.17) is 0 Å². The molecular weight excluding hydrogens is 172 g/mol. The van der Waals surface area contributed by atoms with Crippen LogP contribution in [-0.4, -0.2) is 11.0 Å². The monoisotopic (exact) mass is 192 g/mol. The van der Waals surface area contributed by atoms with E-state index in [1.807, 2.05) is 12.4 Å². The molecule has 0 saturated carbocycles. The first kappa shape index (κ1) is 11.2. The molecule has 14 heavy (non-hydrogen) atoms. The van der Waals surface area contributed by atoms with Gasteiger partial charge in [-0.25, -0.2) is 0 Å². The van der Waals surface area contributed by atoms with Gasteiger partial charge >= 0.3 is 0 Å². The normalized spacial score (nSPS) is 12.8. The molecule has 1 unspecified atom stereocenters. The van der Waals surface area contributed by atoms with Crippen molar-refractivity contribution in [3.8, 4) is 0 Å². The topological polar surface area (TPSA) is 24.9 Å². The Bertz CT molecular complexity index is 271. The minimum absolute atomic E-state index is 0.604. The van der Waals surface area contributed by atoms with Crippen LogP contribution in [0.3, 0.4) is 0 Å². The van der Waals surface area contributed by atoms with E-state index in [1.54, 1.807) is 0 Å². The molecule has 0 aliphatic heterocycles. The van der Waals surface area contributed by atoms with Crippen molar-refractivity contribution in [2.24, 2.45) is 0 Å². The average Bonchev–Trinajstić information content (AvgIpc) is 2.17. The maximum atomic E-state index is 4.08. The number of nitrogens with zero attached hydrogens (tertiary/aromatic N) is 1. The molecule has 1 aromatic heterocycles. The molecule has 78 valence electrons. The van der Waals surface area contributed by atoms with Crippen LogP contribution in [0.1, 0.15) is 37.8 Å². The van der Waals surface area contributed by atoms with Crippen LogP contribution in [-0.2, 0) is 6.54 Å². The molecule has 0 aliphatic carbocycles. The SMILES string of the molecule is CCCC(C)NCc1ccncc1C. The fourth-order valence-electron chi connectivity index (χ4n) is 1.52. The summed E-state index contributed by atoms with van der Waals surface area (Å²) in [5.74, 6) is 0. The zero-order valence-electron chi connectivity index (χ0n) is 9.38. The first-order chi connectivity index (χ1) is 6.74. The number of nitrogens with one attached hydrogen (secondary N) is 1. The van der Waals surface area contributed by atoms with E-state index in [0.29, 0.717) is 6.04 Å². The Kier molecular flexibility index (Phi) is 4.60. The Labute approximate surface area is 86.8 Å². The molecule has 1 aromatic rings. The summed E-state index contributed by atoms with van der Waals surface area (Å²) in [6.45, 7) is 7.51. The van der Waals surface area contributed by atoms with Crippen molar-refractivity contribution >= 4 is 0 Å². The molecule has 0 aromatic carbocycles. The molecule has 0 amide bonds. The summed E-state index contributed by atoms with van der Waals surface area (Å²) in [6, 6.07) is 2.69. The van der Waals surface area contributed by atoms with Crippen molar-refractivity contribution in [1.82, 2.24) is 10.3 Å². The van der Waals surface area contributed by atoms with Gasteiger partial charge in [0.1, 0.15) is 0 Å². The third-order valence-electron chi connectivity index (χ3n) is 2.50. The summed E-state index contributed by atoms with van der Waals surface area (Å²) >= 11 is 0. The summed E-state index contributed by atoms with van der Waals surface area (Å²) in [4.78, 5) is 4.08. The van der Waals surface area contributed by atoms with Crippen LogP contribution in [0.4, 0.5) is 0 Å². The van der Waals surface area contributed by atoms with E-state index in [2.05, 4.69) is 37.1 Å². The Hall–Kier alpha value is -0.890. The summed E-state index contributed by atoms with van der Waals surface area (Å²) in [6.07, 6.45) is 6.25. The van der Waals surface area contributed by atoms with Crippen LogP contribution in [0.2, 0.25) is 0 Å². The predicted octanol–water partition coefficient (Wildman–Crippen LogP) is 2.67. The van der Waals surface area contributed by atoms with Crippen LogP contribution >= 0.6 is 0 Å². The van der Waals surface area contributed by atoms with Crippen molar-refractivity contribution in [3.05, 3.63) is 29.6 Å². The molecule has 2 nitrogen and oxygen atoms in total. The second-order valence-corrected chi connectivity index (χ2v) is 3.87. The number of rotatable bonds is 5. The van der Waals surface area contributed by atoms with Gasteiger partial charge in [-0.15, -0.1) is 0 Å². The van der Waals surface area contributed by atoms with Crippen LogP contribution < -0.4 is 5.32 Å². The first-order valence-corrected chi connectivity index (χ1v) is 5.37. The van der Waals surface area contributed by atoms with Crippen LogP contribution in [0, 0.1) is 6.92 Å². The molecule has 0 fully saturated rings. The van der Waals surface area contributed by atoms with Crippen LogP contribution in [0.5, 0.6) is 0 Å². The smallest absolute Gasteiger partial charge is 0.0300 e. The van der Waals surface area contributed by atoms with Gasteiger partial charge in [-0.05, 0) is 37.5 Å². The number of aromatic nitrogens is 1. The first-order valence-electron chi connectivity index (χ1n) is 5.37. The molecule has 0 saturated heterocycles. The van der Waals surface area contributed by atoms with E-state index in [-0.39, 0.29) is 0 Å². The van der Waals surface area contributed by atoms with Crippen molar-refractivity contribution in [3.63, 3.8) is 0 Å². The summed E-state index contributed by atoms with van der Waals surface area (Å²) in [7, 11) is 0. The lowest BCUT2D eigenvalue weighted by molar-refractivity contribution is 0.507. The third-order valence-corrected chi connectivity index (χ3v) is 2.50. The van der Waals surface area contributed by atoms with E-state index in [1.165, 1.54) is 24.0 Å². The second-order valence-electron chi connectivity index (χ2n) is 3.87. The molecule has 1 heterocycles. The zero-order chi connectivity index (χ0) is 10.4. The zero-order valence-corrected chi connectivity index (χ0v) is 9.38. The van der Waals surface area contributed by atoms with Gasteiger partial charge in [-0.1, -0.05) is 13.3 Å². The number of hydrogen-bond acceptors (Lipinski definition) is 2. The van der Waals surface area contributed by atoms with E-state index >= 15 is 0 Å². The Morgan fingerprint density at radius 3 is 2.93 bits per heavy atom. The minimum atomic E-state index is 0.604. The maximum absolute atomic E-state index is 4.08. The maximum Gasteiger partial charge on any atom is 0.0300 e. The molecule has 2 heteroatoms. The van der Waals surface area contributed by atoms with Gasteiger partial charge in [-0.2, -0.15) is 0 Å². The highest BCUT2D eigenvalue weighted by Crippen LogP contribution is 2.05. The van der Waals surface area contributed by atoms with Gasteiger partial charge in [0.2, 0.25) is 0 Å². The number of pyridine rings is 1. The summed E-state index contributed by atoms with van der Waals surface area (Å²) in [5.41, 5.74) is 2.62. The van der Waals surface area contributed by atoms with Crippen molar-refractivity contribution in [1.29, 1.82) is 0 Å². The Morgan fingerprint density at radius 1 is 1.50 bits per heavy atom. The van der Waals surface area contributed by atoms with Gasteiger partial charge in [0.15, 0.2) is 0 Å². The Morgan fingerprint density at radius 2 is 2.29 bits per heavy atom. The lowest BCUT2D eigenvalue weighted by atomic mass is 10.1. The van der Waals surface area contributed by atoms with E-state index < -0.39 is 0 Å². The molecular formula is C12H20N2. The largest absolute Gasteiger partial charge is 0.310 e. The summed E-state index contributed by atoms with van der Waals surface area (Å²) < 4.78 is 0. The fraction of sp³-hybridized carbons (Fsp3) is 0.583. The van der Waals surface area contributed by atoms with Crippen molar-refractivity contribution in [2.45, 2.75) is 46.2 Å². The van der Waals surface area contributed by atoms with Crippen LogP contribution in [0.25, 0.3) is 0 Å². The predicted molar refractivity (Wildman–Crippen MR) is 60.2 cm³/mol. The standard InChI is InChI=1S/C12H20N2/c1-4-5-11(3)14-9-12-6-7-13-8-10(12)2/h6-8,11,14H,4-5,9H2,1-3H3. The molecule has 0 bridgehead atoms. The van der Waals surface area contributed by atoms with Gasteiger partial charge in [0.05, 0.1) is 0 Å². The lowest BCUT2D eigenvalue weighted by Gasteiger charge is -2.13. The third kappa shape index (κ3) is 3.46. The van der Waals surface area contributed by atoms with E-state index in [9.17, 15) is 0 Å². The molecule has 1 atom stereocenters. The molecule has 0 aliphatic rings. The Balaban J connectivity index is 2.41. The van der Waals surface area contributed by atoms with Gasteiger partial charge in [0.25, 0.3) is 0 Å². The van der Waals surface area contributed by atoms with Crippen LogP contribution in [0.15, 0.2) is 18.5 Å². The molecule has 0 spiro atoms. The molecule has 1 rings (SSSR count). The van der Waals surface area contributed by atoms with Crippen molar-refractivity contribution < 1.29 is 0 Å². The fourth-order valence-corrected chi connectivity index (χ4v) is 1.52. The van der Waals surface area contributed by atoms with Gasteiger partial charge < -0.3 is 5.32 Å². The van der Waals surface area contributed by atoms with E-state index in [0.717, 1.165) is 6.54 Å². The minimum Gasteiger partial charge on any atom is -0.310 e. The van der Waals surface area contributed by atoms with Gasteiger partial charge in [-0.3, -0.25) is 4.98 Å². The summed E-state index contributed by atoms with van der Waals surface area (Å²) in [5, 5.41) is 3.51. The average molecular weight is 192 g/mol. The van der Waals surface area contributed by atoms with Gasteiger partial charge in [0, 0.05) is 25.0 Å².